The molecule has 0 radical (unpaired) electrons. The molecular weight excluding hydrogens is 550 g/mol. The van der Waals surface area contributed by atoms with Crippen LogP contribution in [0.25, 0.3) is 11.0 Å². The van der Waals surface area contributed by atoms with Gasteiger partial charge >= 0.3 is 6.09 Å². The number of fused-ring (bicyclic) bond motifs is 2. The fourth-order valence-electron chi connectivity index (χ4n) is 6.08. The number of pyridine rings is 1. The Morgan fingerprint density at radius 2 is 1.86 bits per heavy atom. The molecule has 10 heteroatoms. The molecule has 0 saturated heterocycles. The van der Waals surface area contributed by atoms with Crippen LogP contribution in [-0.4, -0.2) is 50.7 Å². The monoisotopic (exact) mass is 585 g/mol. The number of anilines is 3. The molecule has 2 aliphatic rings. The lowest BCUT2D eigenvalue weighted by molar-refractivity contribution is 0.00999. The second-order valence-electron chi connectivity index (χ2n) is 11.4. The molecule has 0 atom stereocenters. The van der Waals surface area contributed by atoms with Crippen molar-refractivity contribution in [3.8, 4) is 0 Å². The van der Waals surface area contributed by atoms with Gasteiger partial charge in [0, 0.05) is 30.7 Å². The Bertz CT molecular complexity index is 1680. The number of benzene rings is 2. The molecule has 9 nitrogen and oxygen atoms in total. The second kappa shape index (κ2) is 11.4. The van der Waals surface area contributed by atoms with Crippen LogP contribution >= 0.6 is 11.8 Å². The van der Waals surface area contributed by atoms with E-state index in [1.807, 2.05) is 84.2 Å². The molecule has 1 amide bonds. The van der Waals surface area contributed by atoms with Crippen molar-refractivity contribution in [1.29, 1.82) is 0 Å². The first-order valence-electron chi connectivity index (χ1n) is 14.3. The summed E-state index contributed by atoms with van der Waals surface area (Å²) in [6.07, 6.45) is 5.86. The first kappa shape index (κ1) is 28.2. The first-order chi connectivity index (χ1) is 20.3. The quantitative estimate of drug-likeness (QED) is 0.225. The lowest BCUT2D eigenvalue weighted by atomic mass is 9.83. The summed E-state index contributed by atoms with van der Waals surface area (Å²) in [5.74, 6) is 0. The van der Waals surface area contributed by atoms with Crippen LogP contribution in [0.3, 0.4) is 0 Å². The highest BCUT2D eigenvalue weighted by atomic mass is 32.2. The SMILES string of the molecule is CSc1ncc2cc(N3CCN(C(=O)OCc4ccccc4)c4c(C)cccc43)c(=O)n(C3CCC(C)(O)CC3)c2n1. The van der Waals surface area contributed by atoms with Crippen LogP contribution in [0.15, 0.2) is 70.7 Å². The van der Waals surface area contributed by atoms with Gasteiger partial charge in [0.1, 0.15) is 17.9 Å². The predicted molar refractivity (Wildman–Crippen MR) is 166 cm³/mol. The number of para-hydroxylation sites is 1. The molecule has 42 heavy (non-hydrogen) atoms. The molecule has 1 aliphatic carbocycles. The van der Waals surface area contributed by atoms with Crippen LogP contribution in [0, 0.1) is 6.92 Å². The van der Waals surface area contributed by atoms with Gasteiger partial charge in [-0.2, -0.15) is 0 Å². The molecule has 2 aromatic heterocycles. The Hall–Kier alpha value is -3.89. The number of aryl methyl sites for hydroxylation is 1. The number of aromatic nitrogens is 3. The first-order valence-corrected chi connectivity index (χ1v) is 15.5. The topological polar surface area (TPSA) is 101 Å². The van der Waals surface area contributed by atoms with Gasteiger partial charge < -0.3 is 14.7 Å². The maximum atomic E-state index is 14.4. The number of carbonyl (C=O) groups is 1. The fraction of sp³-hybridized carbons (Fsp3) is 0.375. The average Bonchev–Trinajstić information content (AvgIpc) is 3.00. The molecule has 4 aromatic rings. The molecule has 218 valence electrons. The van der Waals surface area contributed by atoms with Crippen molar-refractivity contribution in [2.45, 2.75) is 62.9 Å². The fourth-order valence-corrected chi connectivity index (χ4v) is 6.41. The number of nitrogens with zero attached hydrogens (tertiary/aromatic N) is 5. The molecule has 0 unspecified atom stereocenters. The zero-order valence-corrected chi connectivity index (χ0v) is 24.9. The van der Waals surface area contributed by atoms with E-state index in [4.69, 9.17) is 9.72 Å². The summed E-state index contributed by atoms with van der Waals surface area (Å²) in [5.41, 5.74) is 3.61. The Balaban J connectivity index is 1.40. The molecule has 1 N–H and O–H groups in total. The van der Waals surface area contributed by atoms with Crippen molar-refractivity contribution < 1.29 is 14.6 Å². The predicted octanol–water partition coefficient (Wildman–Crippen LogP) is 5.98. The maximum Gasteiger partial charge on any atom is 0.414 e. The Labute approximate surface area is 249 Å². The molecule has 0 spiro atoms. The number of ether oxygens (including phenoxy) is 1. The normalized spacial score (nSPS) is 20.4. The minimum Gasteiger partial charge on any atom is -0.444 e. The Kier molecular flexibility index (Phi) is 7.67. The summed E-state index contributed by atoms with van der Waals surface area (Å²) in [4.78, 5) is 40.6. The van der Waals surface area contributed by atoms with E-state index in [0.29, 0.717) is 55.3 Å². The van der Waals surface area contributed by atoms with Crippen molar-refractivity contribution in [2.75, 3.05) is 29.1 Å². The third-order valence-electron chi connectivity index (χ3n) is 8.35. The van der Waals surface area contributed by atoms with Gasteiger partial charge in [-0.15, -0.1) is 0 Å². The minimum absolute atomic E-state index is 0.0870. The van der Waals surface area contributed by atoms with Crippen LogP contribution < -0.4 is 15.4 Å². The van der Waals surface area contributed by atoms with Gasteiger partial charge in [0.2, 0.25) is 0 Å². The number of thioether (sulfide) groups is 1. The van der Waals surface area contributed by atoms with E-state index in [0.717, 1.165) is 27.9 Å². The number of rotatable bonds is 5. The van der Waals surface area contributed by atoms with Crippen LogP contribution in [0.5, 0.6) is 0 Å². The number of aliphatic hydroxyl groups is 1. The smallest absolute Gasteiger partial charge is 0.414 e. The summed E-state index contributed by atoms with van der Waals surface area (Å²) in [5, 5.41) is 12.0. The highest BCUT2D eigenvalue weighted by molar-refractivity contribution is 7.98. The third-order valence-corrected chi connectivity index (χ3v) is 8.91. The number of hydrogen-bond donors (Lipinski definition) is 1. The van der Waals surface area contributed by atoms with E-state index in [1.54, 1.807) is 11.1 Å². The van der Waals surface area contributed by atoms with Gasteiger partial charge in [-0.1, -0.05) is 54.2 Å². The number of amides is 1. The van der Waals surface area contributed by atoms with Crippen molar-refractivity contribution in [3.63, 3.8) is 0 Å². The highest BCUT2D eigenvalue weighted by Crippen LogP contribution is 2.41. The van der Waals surface area contributed by atoms with E-state index in [9.17, 15) is 14.7 Å². The third kappa shape index (κ3) is 5.36. The van der Waals surface area contributed by atoms with E-state index in [1.165, 1.54) is 11.8 Å². The average molecular weight is 586 g/mol. The lowest BCUT2D eigenvalue weighted by Crippen LogP contribution is -2.45. The summed E-state index contributed by atoms with van der Waals surface area (Å²) >= 11 is 1.44. The van der Waals surface area contributed by atoms with Gasteiger partial charge in [0.25, 0.3) is 5.56 Å². The molecule has 1 fully saturated rings. The zero-order chi connectivity index (χ0) is 29.4. The van der Waals surface area contributed by atoms with E-state index < -0.39 is 11.7 Å². The van der Waals surface area contributed by atoms with Crippen LogP contribution in [0.2, 0.25) is 0 Å². The second-order valence-corrected chi connectivity index (χ2v) is 12.1. The van der Waals surface area contributed by atoms with Gasteiger partial charge in [-0.3, -0.25) is 14.3 Å². The van der Waals surface area contributed by atoms with Crippen molar-refractivity contribution in [2.24, 2.45) is 0 Å². The van der Waals surface area contributed by atoms with Gasteiger partial charge in [0.15, 0.2) is 5.16 Å². The maximum absolute atomic E-state index is 14.4. The Morgan fingerprint density at radius 1 is 1.10 bits per heavy atom. The van der Waals surface area contributed by atoms with Crippen LogP contribution in [-0.2, 0) is 11.3 Å². The number of carbonyl (C=O) groups excluding carboxylic acids is 1. The summed E-state index contributed by atoms with van der Waals surface area (Å²) in [7, 11) is 0. The summed E-state index contributed by atoms with van der Waals surface area (Å²) in [6.45, 7) is 4.78. The van der Waals surface area contributed by atoms with Crippen molar-refractivity contribution in [1.82, 2.24) is 14.5 Å². The Morgan fingerprint density at radius 3 is 2.60 bits per heavy atom. The molecule has 3 heterocycles. The van der Waals surface area contributed by atoms with E-state index in [-0.39, 0.29) is 18.2 Å². The highest BCUT2D eigenvalue weighted by Gasteiger charge is 2.34. The zero-order valence-electron chi connectivity index (χ0n) is 24.1. The standard InChI is InChI=1S/C32H35N5O4S/c1-21-8-7-11-25-27(21)36(31(39)41-20-22-9-5-4-6-10-22)17-16-35(25)26-18-23-19-33-30(42-3)34-28(23)37(29(26)38)24-12-14-32(2,40)15-13-24/h4-11,18-19,24,40H,12-17,20H2,1-3H3. The van der Waals surface area contributed by atoms with Crippen LogP contribution in [0.4, 0.5) is 21.9 Å². The molecule has 0 bridgehead atoms. The minimum atomic E-state index is -0.727. The molecule has 6 rings (SSSR count). The molecule has 2 aromatic carbocycles. The van der Waals surface area contributed by atoms with E-state index >= 15 is 0 Å². The van der Waals surface area contributed by atoms with Gasteiger partial charge in [-0.25, -0.2) is 14.8 Å². The molecular formula is C32H35N5O4S. The largest absolute Gasteiger partial charge is 0.444 e. The van der Waals surface area contributed by atoms with Gasteiger partial charge in [-0.05, 0) is 69.0 Å². The van der Waals surface area contributed by atoms with Crippen molar-refractivity contribution in [3.05, 3.63) is 82.3 Å². The van der Waals surface area contributed by atoms with Crippen molar-refractivity contribution >= 4 is 46.0 Å². The van der Waals surface area contributed by atoms with E-state index in [2.05, 4.69) is 4.98 Å². The van der Waals surface area contributed by atoms with Gasteiger partial charge in [0.05, 0.1) is 17.0 Å². The summed E-state index contributed by atoms with van der Waals surface area (Å²) < 4.78 is 7.52. The lowest BCUT2D eigenvalue weighted by Gasteiger charge is -2.38. The summed E-state index contributed by atoms with van der Waals surface area (Å²) in [6, 6.07) is 17.2. The molecule has 1 aliphatic heterocycles. The number of hydrogen-bond acceptors (Lipinski definition) is 8. The molecule has 1 saturated carbocycles. The van der Waals surface area contributed by atoms with Crippen LogP contribution in [0.1, 0.15) is 49.8 Å².